The van der Waals surface area contributed by atoms with Crippen LogP contribution >= 0.6 is 11.6 Å². The van der Waals surface area contributed by atoms with Crippen LogP contribution in [-0.4, -0.2) is 23.8 Å². The molecule has 5 heteroatoms. The number of aliphatic carboxylic acids is 1. The van der Waals surface area contributed by atoms with Crippen LogP contribution in [0.1, 0.15) is 81.2 Å². The highest BCUT2D eigenvalue weighted by molar-refractivity contribution is 6.30. The largest absolute Gasteiger partial charge is 0.482 e. The van der Waals surface area contributed by atoms with Gasteiger partial charge in [-0.2, -0.15) is 0 Å². The number of rotatable bonds is 10. The molecule has 1 saturated heterocycles. The van der Waals surface area contributed by atoms with Crippen molar-refractivity contribution in [3.8, 4) is 5.75 Å². The first-order valence-electron chi connectivity index (χ1n) is 13.7. The van der Waals surface area contributed by atoms with Crippen LogP contribution < -0.4 is 4.74 Å². The van der Waals surface area contributed by atoms with Gasteiger partial charge in [0, 0.05) is 27.8 Å². The van der Waals surface area contributed by atoms with E-state index in [0.29, 0.717) is 5.75 Å². The molecule has 0 bridgehead atoms. The molecule has 1 N–H and O–H groups in total. The normalized spacial score (nSPS) is 21.4. The number of carbonyl (C=O) groups is 1. The molecule has 1 aliphatic heterocycles. The van der Waals surface area contributed by atoms with E-state index in [1.807, 2.05) is 30.3 Å². The number of ether oxygens (including phenoxy) is 2. The summed E-state index contributed by atoms with van der Waals surface area (Å²) >= 11 is 6.19. The number of benzene rings is 3. The molecule has 4 rings (SSSR count). The van der Waals surface area contributed by atoms with E-state index in [-0.39, 0.29) is 29.5 Å². The van der Waals surface area contributed by atoms with Crippen LogP contribution in [0.2, 0.25) is 5.02 Å². The SMILES string of the molecule is C=C(C)[C@H]1C[C@H](c2ccc(Cl)cc2)[C@H](CCC)O[C@@H]1c1cc(C(C)(C)c2ccccc2)ccc1OCC(=O)O. The van der Waals surface area contributed by atoms with Crippen molar-refractivity contribution in [2.45, 2.75) is 70.5 Å². The van der Waals surface area contributed by atoms with Crippen LogP contribution in [0.15, 0.2) is 84.9 Å². The molecule has 0 aliphatic carbocycles. The van der Waals surface area contributed by atoms with Gasteiger partial charge in [0.05, 0.1) is 12.2 Å². The molecule has 1 heterocycles. The molecule has 0 amide bonds. The average Bonchev–Trinajstić information content (AvgIpc) is 2.92. The zero-order valence-electron chi connectivity index (χ0n) is 23.3. The Balaban J connectivity index is 1.79. The number of hydrogen-bond acceptors (Lipinski definition) is 3. The van der Waals surface area contributed by atoms with E-state index < -0.39 is 12.6 Å². The molecule has 4 atom stereocenters. The Labute approximate surface area is 237 Å². The Morgan fingerprint density at radius 2 is 1.77 bits per heavy atom. The predicted molar refractivity (Wildman–Crippen MR) is 158 cm³/mol. The summed E-state index contributed by atoms with van der Waals surface area (Å²) in [6.07, 6.45) is 2.46. The molecule has 1 aliphatic rings. The second-order valence-corrected chi connectivity index (χ2v) is 11.6. The zero-order chi connectivity index (χ0) is 28.2. The van der Waals surface area contributed by atoms with Crippen molar-refractivity contribution >= 4 is 17.6 Å². The van der Waals surface area contributed by atoms with Crippen LogP contribution in [0.4, 0.5) is 0 Å². The molecule has 3 aromatic carbocycles. The first-order valence-corrected chi connectivity index (χ1v) is 14.1. The van der Waals surface area contributed by atoms with Crippen molar-refractivity contribution in [2.75, 3.05) is 6.61 Å². The van der Waals surface area contributed by atoms with Crippen LogP contribution in [-0.2, 0) is 14.9 Å². The van der Waals surface area contributed by atoms with Crippen molar-refractivity contribution in [1.82, 2.24) is 0 Å². The van der Waals surface area contributed by atoms with Crippen LogP contribution in [0, 0.1) is 5.92 Å². The van der Waals surface area contributed by atoms with E-state index in [1.165, 1.54) is 11.1 Å². The Morgan fingerprint density at radius 3 is 2.38 bits per heavy atom. The molecule has 0 saturated carbocycles. The summed E-state index contributed by atoms with van der Waals surface area (Å²) < 4.78 is 12.8. The van der Waals surface area contributed by atoms with Crippen molar-refractivity contribution in [3.63, 3.8) is 0 Å². The maximum absolute atomic E-state index is 11.4. The first kappa shape index (κ1) is 28.9. The van der Waals surface area contributed by atoms with Crippen molar-refractivity contribution in [3.05, 3.63) is 112 Å². The van der Waals surface area contributed by atoms with Gasteiger partial charge in [0.25, 0.3) is 0 Å². The maximum atomic E-state index is 11.4. The summed E-state index contributed by atoms with van der Waals surface area (Å²) in [5.74, 6) is -0.239. The molecule has 0 unspecified atom stereocenters. The minimum atomic E-state index is -1.01. The fraction of sp³-hybridized carbons (Fsp3) is 0.382. The van der Waals surface area contributed by atoms with Gasteiger partial charge in [-0.25, -0.2) is 4.79 Å². The average molecular weight is 547 g/mol. The lowest BCUT2D eigenvalue weighted by Crippen LogP contribution is -2.36. The summed E-state index contributed by atoms with van der Waals surface area (Å²) in [7, 11) is 0. The molecule has 3 aromatic rings. The van der Waals surface area contributed by atoms with Gasteiger partial charge in [-0.15, -0.1) is 0 Å². The number of carboxylic acids is 1. The number of halogens is 1. The van der Waals surface area contributed by atoms with Crippen LogP contribution in [0.25, 0.3) is 0 Å². The van der Waals surface area contributed by atoms with Gasteiger partial charge in [0.15, 0.2) is 6.61 Å². The summed E-state index contributed by atoms with van der Waals surface area (Å²) in [6.45, 7) is 12.6. The Morgan fingerprint density at radius 1 is 1.08 bits per heavy atom. The van der Waals surface area contributed by atoms with E-state index >= 15 is 0 Å². The topological polar surface area (TPSA) is 55.8 Å². The number of carboxylic acid groups (broad SMARTS) is 1. The first-order chi connectivity index (χ1) is 18.6. The second-order valence-electron chi connectivity index (χ2n) is 11.2. The minimum absolute atomic E-state index is 0.00473. The molecule has 0 aromatic heterocycles. The molecule has 39 heavy (non-hydrogen) atoms. The standard InChI is InChI=1S/C34H39ClO4/c1-6-10-31-28(23-13-16-26(35)17-14-23)20-27(22(2)3)33(39-31)29-19-25(15-18-30(29)38-21-32(36)37)34(4,5)24-11-8-7-9-12-24/h7-9,11-19,27-28,31,33H,2,6,10,20-21H2,1,3-5H3,(H,36,37)/t27-,28-,31+,33+/m1/s1. The van der Waals surface area contributed by atoms with Gasteiger partial charge in [-0.05, 0) is 60.7 Å². The lowest BCUT2D eigenvalue weighted by molar-refractivity contribution is -0.139. The van der Waals surface area contributed by atoms with Crippen molar-refractivity contribution < 1.29 is 19.4 Å². The Hall–Kier alpha value is -3.08. The third-order valence-corrected chi connectivity index (χ3v) is 8.28. The summed E-state index contributed by atoms with van der Waals surface area (Å²) in [5, 5.41) is 10.1. The highest BCUT2D eigenvalue weighted by Crippen LogP contribution is 2.50. The van der Waals surface area contributed by atoms with Gasteiger partial charge >= 0.3 is 5.97 Å². The molecular weight excluding hydrogens is 508 g/mol. The highest BCUT2D eigenvalue weighted by Gasteiger charge is 2.41. The van der Waals surface area contributed by atoms with Crippen molar-refractivity contribution in [1.29, 1.82) is 0 Å². The van der Waals surface area contributed by atoms with Gasteiger partial charge in [0.2, 0.25) is 0 Å². The fourth-order valence-electron chi connectivity index (χ4n) is 5.74. The van der Waals surface area contributed by atoms with Gasteiger partial charge < -0.3 is 14.6 Å². The lowest BCUT2D eigenvalue weighted by atomic mass is 9.73. The quantitative estimate of drug-likeness (QED) is 0.258. The maximum Gasteiger partial charge on any atom is 0.341 e. The minimum Gasteiger partial charge on any atom is -0.482 e. The summed E-state index contributed by atoms with van der Waals surface area (Å²) in [5.41, 5.74) is 5.16. The third kappa shape index (κ3) is 6.57. The summed E-state index contributed by atoms with van der Waals surface area (Å²) in [6, 6.07) is 24.5. The van der Waals surface area contributed by atoms with E-state index in [4.69, 9.17) is 21.1 Å². The van der Waals surface area contributed by atoms with Crippen LogP contribution in [0.3, 0.4) is 0 Å². The van der Waals surface area contributed by atoms with Crippen LogP contribution in [0.5, 0.6) is 5.75 Å². The molecule has 4 nitrogen and oxygen atoms in total. The molecule has 0 radical (unpaired) electrons. The number of hydrogen-bond donors (Lipinski definition) is 1. The lowest BCUT2D eigenvalue weighted by Gasteiger charge is -2.43. The predicted octanol–water partition coefficient (Wildman–Crippen LogP) is 8.74. The zero-order valence-corrected chi connectivity index (χ0v) is 24.1. The van der Waals surface area contributed by atoms with E-state index in [9.17, 15) is 9.90 Å². The monoisotopic (exact) mass is 546 g/mol. The smallest absolute Gasteiger partial charge is 0.341 e. The van der Waals surface area contributed by atoms with E-state index in [1.54, 1.807) is 0 Å². The third-order valence-electron chi connectivity index (χ3n) is 8.03. The van der Waals surface area contributed by atoms with Gasteiger partial charge in [-0.1, -0.05) is 99.5 Å². The second kappa shape index (κ2) is 12.4. The molecule has 206 valence electrons. The Kier molecular flexibility index (Phi) is 9.19. The molecule has 0 spiro atoms. The summed E-state index contributed by atoms with van der Waals surface area (Å²) in [4.78, 5) is 11.4. The Bertz CT molecular complexity index is 1280. The van der Waals surface area contributed by atoms with Gasteiger partial charge in [-0.3, -0.25) is 0 Å². The van der Waals surface area contributed by atoms with E-state index in [2.05, 4.69) is 76.7 Å². The molecule has 1 fully saturated rings. The highest BCUT2D eigenvalue weighted by atomic mass is 35.5. The molecular formula is C34H39ClO4. The van der Waals surface area contributed by atoms with Gasteiger partial charge in [0.1, 0.15) is 5.75 Å². The van der Waals surface area contributed by atoms with E-state index in [0.717, 1.165) is 41.0 Å². The van der Waals surface area contributed by atoms with Crippen molar-refractivity contribution in [2.24, 2.45) is 5.92 Å². The fourth-order valence-corrected chi connectivity index (χ4v) is 5.87.